The Bertz CT molecular complexity index is 889. The fourth-order valence-electron chi connectivity index (χ4n) is 2.03. The summed E-state index contributed by atoms with van der Waals surface area (Å²) in [5.74, 6) is -0.0757. The summed E-state index contributed by atoms with van der Waals surface area (Å²) in [6.45, 7) is 0.322. The van der Waals surface area contributed by atoms with E-state index in [1.54, 1.807) is 33.9 Å². The van der Waals surface area contributed by atoms with Crippen LogP contribution in [-0.4, -0.2) is 40.9 Å². The zero-order valence-electron chi connectivity index (χ0n) is 11.8. The van der Waals surface area contributed by atoms with Gasteiger partial charge in [-0.15, -0.1) is 0 Å². The number of hydrogen-bond acceptors (Lipinski definition) is 6. The first-order valence-corrected chi connectivity index (χ1v) is 8.08. The molecule has 0 N–H and O–H groups in total. The third-order valence-electron chi connectivity index (χ3n) is 3.23. The van der Waals surface area contributed by atoms with E-state index < -0.39 is 10.1 Å². The molecule has 114 valence electrons. The predicted molar refractivity (Wildman–Crippen MR) is 77.2 cm³/mol. The van der Waals surface area contributed by atoms with E-state index in [0.717, 1.165) is 18.4 Å². The van der Waals surface area contributed by atoms with Crippen molar-refractivity contribution < 1.29 is 17.2 Å². The van der Waals surface area contributed by atoms with Gasteiger partial charge in [0.15, 0.2) is 24.6 Å². The second kappa shape index (κ2) is 5.78. The fraction of sp³-hybridized carbons (Fsp3) is 0.231. The molecule has 22 heavy (non-hydrogen) atoms. The summed E-state index contributed by atoms with van der Waals surface area (Å²) in [4.78, 5) is 8.23. The van der Waals surface area contributed by atoms with Crippen molar-refractivity contribution in [1.29, 1.82) is 0 Å². The molecule has 0 aromatic carbocycles. The molecule has 0 spiro atoms. The lowest BCUT2D eigenvalue weighted by molar-refractivity contribution is -0.692. The van der Waals surface area contributed by atoms with Gasteiger partial charge in [-0.2, -0.15) is 13.5 Å². The average Bonchev–Trinajstić information content (AvgIpc) is 3.02. The molecule has 0 bridgehead atoms. The Balaban J connectivity index is 1.84. The number of fused-ring (bicyclic) bond motifs is 1. The number of pyridine rings is 1. The van der Waals surface area contributed by atoms with Crippen LogP contribution >= 0.6 is 0 Å². The minimum absolute atomic E-state index is 0.0757. The van der Waals surface area contributed by atoms with Crippen LogP contribution < -0.4 is 4.57 Å². The quantitative estimate of drug-likeness (QED) is 0.487. The second-order valence-corrected chi connectivity index (χ2v) is 6.43. The van der Waals surface area contributed by atoms with Crippen molar-refractivity contribution in [2.45, 2.75) is 6.54 Å². The minimum Gasteiger partial charge on any atom is -0.273 e. The van der Waals surface area contributed by atoms with Crippen molar-refractivity contribution >= 4 is 15.8 Å². The van der Waals surface area contributed by atoms with Gasteiger partial charge in [-0.1, -0.05) is 0 Å². The Kier molecular flexibility index (Phi) is 3.82. The molecule has 0 aliphatic carbocycles. The van der Waals surface area contributed by atoms with E-state index >= 15 is 0 Å². The highest BCUT2D eigenvalue weighted by molar-refractivity contribution is 7.86. The summed E-state index contributed by atoms with van der Waals surface area (Å²) in [5.41, 5.74) is 2.39. The van der Waals surface area contributed by atoms with Gasteiger partial charge in [0.25, 0.3) is 10.1 Å². The van der Waals surface area contributed by atoms with Gasteiger partial charge in [-0.25, -0.2) is 14.1 Å². The van der Waals surface area contributed by atoms with Gasteiger partial charge < -0.3 is 0 Å². The van der Waals surface area contributed by atoms with Crippen LogP contribution in [0.1, 0.15) is 0 Å². The van der Waals surface area contributed by atoms with Gasteiger partial charge in [0.05, 0.1) is 25.2 Å². The van der Waals surface area contributed by atoms with Crippen molar-refractivity contribution in [2.75, 3.05) is 12.9 Å². The van der Waals surface area contributed by atoms with Gasteiger partial charge in [0.2, 0.25) is 0 Å². The molecule has 9 heteroatoms. The molecule has 0 saturated heterocycles. The van der Waals surface area contributed by atoms with Crippen LogP contribution in [0, 0.1) is 0 Å². The first kappa shape index (κ1) is 14.5. The Morgan fingerprint density at radius 3 is 2.77 bits per heavy atom. The highest BCUT2D eigenvalue weighted by atomic mass is 32.2. The van der Waals surface area contributed by atoms with Crippen molar-refractivity contribution in [3.63, 3.8) is 0 Å². The lowest BCUT2D eigenvalue weighted by Crippen LogP contribution is -2.36. The monoisotopic (exact) mass is 320 g/mol. The normalized spacial score (nSPS) is 11.9. The summed E-state index contributed by atoms with van der Waals surface area (Å²) in [6.07, 6.45) is 8.41. The first-order chi connectivity index (χ1) is 10.6. The van der Waals surface area contributed by atoms with Gasteiger partial charge in [-0.05, 0) is 0 Å². The maximum atomic E-state index is 11.3. The highest BCUT2D eigenvalue weighted by Gasteiger charge is 2.13. The molecule has 0 radical (unpaired) electrons. The maximum Gasteiger partial charge on any atom is 0.273 e. The number of rotatable bonds is 5. The number of nitrogens with zero attached hydrogens (tertiary/aromatic N) is 5. The smallest absolute Gasteiger partial charge is 0.273 e. The van der Waals surface area contributed by atoms with E-state index in [-0.39, 0.29) is 5.75 Å². The molecule has 0 amide bonds. The minimum atomic E-state index is -3.45. The van der Waals surface area contributed by atoms with Crippen LogP contribution in [0.5, 0.6) is 0 Å². The highest BCUT2D eigenvalue weighted by Crippen LogP contribution is 2.16. The van der Waals surface area contributed by atoms with Crippen LogP contribution in [-0.2, 0) is 20.8 Å². The van der Waals surface area contributed by atoms with Gasteiger partial charge in [-0.3, -0.25) is 9.17 Å². The predicted octanol–water partition coefficient (Wildman–Crippen LogP) is 0.0550. The van der Waals surface area contributed by atoms with Gasteiger partial charge >= 0.3 is 0 Å². The van der Waals surface area contributed by atoms with E-state index in [9.17, 15) is 8.42 Å². The van der Waals surface area contributed by atoms with Gasteiger partial charge in [0.1, 0.15) is 12.1 Å². The molecule has 0 unspecified atom stereocenters. The lowest BCUT2D eigenvalue weighted by atomic mass is 10.2. The van der Waals surface area contributed by atoms with Crippen molar-refractivity contribution in [2.24, 2.45) is 0 Å². The standard InChI is InChI=1S/C13H14N5O3S/c1-21-22(19,20)7-6-17-4-2-11(3-5-17)12-8-14-9-13-15-10-16-18(12)13/h2-5,8-10H,6-7H2,1H3/q+1. The Morgan fingerprint density at radius 1 is 1.27 bits per heavy atom. The van der Waals surface area contributed by atoms with Crippen LogP contribution in [0.15, 0.2) is 43.2 Å². The largest absolute Gasteiger partial charge is 0.273 e. The molecule has 0 saturated carbocycles. The Hall–Kier alpha value is -2.39. The number of aromatic nitrogens is 5. The molecule has 3 aromatic rings. The molecule has 0 aliphatic rings. The van der Waals surface area contributed by atoms with Crippen LogP contribution in [0.3, 0.4) is 0 Å². The summed E-state index contributed by atoms with van der Waals surface area (Å²) >= 11 is 0. The average molecular weight is 320 g/mol. The van der Waals surface area contributed by atoms with Gasteiger partial charge in [0, 0.05) is 17.7 Å². The fourth-order valence-corrected chi connectivity index (χ4v) is 2.63. The van der Waals surface area contributed by atoms with Crippen LogP contribution in [0.4, 0.5) is 0 Å². The number of hydrogen-bond donors (Lipinski definition) is 0. The lowest BCUT2D eigenvalue weighted by Gasteiger charge is -2.03. The van der Waals surface area contributed by atoms with Crippen molar-refractivity contribution in [3.8, 4) is 11.3 Å². The summed E-state index contributed by atoms with van der Waals surface area (Å²) in [7, 11) is -2.29. The SMILES string of the molecule is COS(=O)(=O)CC[n+]1ccc(-c2cncc3ncnn23)cc1. The molecule has 0 fully saturated rings. The molecular formula is C13H14N5O3S+. The zero-order valence-corrected chi connectivity index (χ0v) is 12.6. The van der Waals surface area contributed by atoms with Crippen LogP contribution in [0.2, 0.25) is 0 Å². The second-order valence-electron chi connectivity index (χ2n) is 4.58. The van der Waals surface area contributed by atoms with E-state index in [1.165, 1.54) is 6.33 Å². The summed E-state index contributed by atoms with van der Waals surface area (Å²) in [5, 5.41) is 4.16. The first-order valence-electron chi connectivity index (χ1n) is 6.50. The van der Waals surface area contributed by atoms with Crippen molar-refractivity contribution in [3.05, 3.63) is 43.2 Å². The molecule has 0 atom stereocenters. The van der Waals surface area contributed by atoms with E-state index in [2.05, 4.69) is 19.2 Å². The maximum absolute atomic E-state index is 11.3. The van der Waals surface area contributed by atoms with E-state index in [1.807, 2.05) is 12.1 Å². The van der Waals surface area contributed by atoms with Crippen LogP contribution in [0.25, 0.3) is 16.9 Å². The third kappa shape index (κ3) is 2.95. The molecular weight excluding hydrogens is 306 g/mol. The molecule has 3 rings (SSSR count). The molecule has 3 heterocycles. The van der Waals surface area contributed by atoms with E-state index in [4.69, 9.17) is 0 Å². The van der Waals surface area contributed by atoms with Crippen molar-refractivity contribution in [1.82, 2.24) is 19.6 Å². The topological polar surface area (TPSA) is 90.3 Å². The zero-order chi connectivity index (χ0) is 15.6. The molecule has 3 aromatic heterocycles. The Labute approximate surface area is 127 Å². The Morgan fingerprint density at radius 2 is 2.05 bits per heavy atom. The summed E-state index contributed by atoms with van der Waals surface area (Å²) < 4.78 is 30.5. The molecule has 8 nitrogen and oxygen atoms in total. The molecule has 0 aliphatic heterocycles. The summed E-state index contributed by atoms with van der Waals surface area (Å²) in [6, 6.07) is 3.75. The third-order valence-corrected chi connectivity index (χ3v) is 4.42. The van der Waals surface area contributed by atoms with E-state index in [0.29, 0.717) is 12.2 Å². The number of aryl methyl sites for hydroxylation is 1.